The molecule has 0 aliphatic heterocycles. The quantitative estimate of drug-likeness (QED) is 0.471. The second-order valence-corrected chi connectivity index (χ2v) is 6.86. The molecule has 1 aliphatic carbocycles. The van der Waals surface area contributed by atoms with Gasteiger partial charge in [0.25, 0.3) is 0 Å². The normalized spacial score (nSPS) is 24.8. The number of allylic oxidation sites excluding steroid dienone is 3. The molecule has 1 fully saturated rings. The van der Waals surface area contributed by atoms with Crippen LogP contribution in [0.1, 0.15) is 77.5 Å². The van der Waals surface area contributed by atoms with Crippen LogP contribution in [-0.4, -0.2) is 12.1 Å². The third-order valence-electron chi connectivity index (χ3n) is 5.68. The van der Waals surface area contributed by atoms with Crippen molar-refractivity contribution in [3.63, 3.8) is 0 Å². The summed E-state index contributed by atoms with van der Waals surface area (Å²) < 4.78 is 0. The minimum absolute atomic E-state index is 0.164. The van der Waals surface area contributed by atoms with Crippen LogP contribution in [0.3, 0.4) is 0 Å². The lowest BCUT2D eigenvalue weighted by Gasteiger charge is -2.29. The number of aryl methyl sites for hydroxylation is 1. The van der Waals surface area contributed by atoms with Gasteiger partial charge >= 0.3 is 0 Å². The summed E-state index contributed by atoms with van der Waals surface area (Å²) in [6.45, 7) is 20.3. The Morgan fingerprint density at radius 1 is 1.24 bits per heavy atom. The SMILES string of the molecule is C=C(/C=C\C)c1c(C)cc(N)cc1C1(CC)CC1(CC)NCC.CC. The zero-order valence-corrected chi connectivity index (χ0v) is 17.4. The van der Waals surface area contributed by atoms with Crippen molar-refractivity contribution in [3.05, 3.63) is 47.6 Å². The summed E-state index contributed by atoms with van der Waals surface area (Å²) in [6, 6.07) is 4.26. The maximum atomic E-state index is 6.22. The zero-order valence-electron chi connectivity index (χ0n) is 17.4. The first-order chi connectivity index (χ1) is 11.9. The zero-order chi connectivity index (χ0) is 19.3. The Balaban J connectivity index is 0.00000151. The van der Waals surface area contributed by atoms with E-state index in [4.69, 9.17) is 5.73 Å². The Bertz CT molecular complexity index is 629. The molecular formula is C23H38N2. The van der Waals surface area contributed by atoms with Gasteiger partial charge in [-0.25, -0.2) is 0 Å². The molecule has 3 N–H and O–H groups in total. The van der Waals surface area contributed by atoms with Crippen molar-refractivity contribution in [3.8, 4) is 0 Å². The molecule has 2 nitrogen and oxygen atoms in total. The summed E-state index contributed by atoms with van der Waals surface area (Å²) in [5.41, 5.74) is 12.4. The number of nitrogens with two attached hydrogens (primary N) is 1. The van der Waals surface area contributed by atoms with Gasteiger partial charge in [0, 0.05) is 16.6 Å². The third kappa shape index (κ3) is 3.69. The van der Waals surface area contributed by atoms with Crippen LogP contribution in [0.25, 0.3) is 5.57 Å². The lowest BCUT2D eigenvalue weighted by atomic mass is 9.80. The number of anilines is 1. The number of likely N-dealkylation sites (N-methyl/N-ethyl adjacent to an activating group) is 1. The molecule has 1 aliphatic rings. The highest BCUT2D eigenvalue weighted by Crippen LogP contribution is 2.63. The molecule has 2 rings (SSSR count). The van der Waals surface area contributed by atoms with E-state index >= 15 is 0 Å². The molecule has 1 aromatic rings. The molecule has 0 heterocycles. The molecule has 2 heteroatoms. The van der Waals surface area contributed by atoms with E-state index in [9.17, 15) is 0 Å². The van der Waals surface area contributed by atoms with Gasteiger partial charge in [-0.15, -0.1) is 0 Å². The van der Waals surface area contributed by atoms with Crippen molar-refractivity contribution < 1.29 is 0 Å². The van der Waals surface area contributed by atoms with E-state index in [0.29, 0.717) is 0 Å². The van der Waals surface area contributed by atoms with Crippen molar-refractivity contribution in [1.82, 2.24) is 5.32 Å². The summed E-state index contributed by atoms with van der Waals surface area (Å²) in [6.07, 6.45) is 7.60. The van der Waals surface area contributed by atoms with E-state index in [2.05, 4.69) is 63.9 Å². The van der Waals surface area contributed by atoms with Crippen LogP contribution in [-0.2, 0) is 5.41 Å². The van der Waals surface area contributed by atoms with Gasteiger partial charge in [-0.1, -0.05) is 53.3 Å². The van der Waals surface area contributed by atoms with Gasteiger partial charge in [0.15, 0.2) is 0 Å². The Morgan fingerprint density at radius 3 is 2.36 bits per heavy atom. The van der Waals surface area contributed by atoms with Crippen molar-refractivity contribution in [2.75, 3.05) is 12.3 Å². The molecule has 0 radical (unpaired) electrons. The van der Waals surface area contributed by atoms with Gasteiger partial charge in [0.05, 0.1) is 0 Å². The summed E-state index contributed by atoms with van der Waals surface area (Å²) >= 11 is 0. The number of nitrogens with one attached hydrogen (secondary N) is 1. The van der Waals surface area contributed by atoms with Crippen molar-refractivity contribution in [1.29, 1.82) is 0 Å². The summed E-state index contributed by atoms with van der Waals surface area (Å²) in [5, 5.41) is 3.77. The van der Waals surface area contributed by atoms with E-state index in [-0.39, 0.29) is 11.0 Å². The van der Waals surface area contributed by atoms with Crippen LogP contribution in [0.5, 0.6) is 0 Å². The fraction of sp³-hybridized carbons (Fsp3) is 0.565. The van der Waals surface area contributed by atoms with Gasteiger partial charge in [-0.3, -0.25) is 0 Å². The molecular weight excluding hydrogens is 304 g/mol. The van der Waals surface area contributed by atoms with Crippen LogP contribution >= 0.6 is 0 Å². The van der Waals surface area contributed by atoms with Gasteiger partial charge in [-0.05, 0) is 74.1 Å². The van der Waals surface area contributed by atoms with Crippen LogP contribution in [0, 0.1) is 6.92 Å². The summed E-state index contributed by atoms with van der Waals surface area (Å²) in [7, 11) is 0. The Labute approximate surface area is 155 Å². The Hall–Kier alpha value is -1.54. The topological polar surface area (TPSA) is 38.0 Å². The highest BCUT2D eigenvalue weighted by atomic mass is 15.1. The second kappa shape index (κ2) is 8.71. The Kier molecular flexibility index (Phi) is 7.49. The molecule has 0 spiro atoms. The summed E-state index contributed by atoms with van der Waals surface area (Å²) in [5.74, 6) is 0. The largest absolute Gasteiger partial charge is 0.399 e. The van der Waals surface area contributed by atoms with Crippen molar-refractivity contribution in [2.24, 2.45) is 0 Å². The van der Waals surface area contributed by atoms with Gasteiger partial charge in [-0.2, -0.15) is 0 Å². The highest BCUT2D eigenvalue weighted by Gasteiger charge is 2.65. The molecule has 0 saturated heterocycles. The molecule has 1 saturated carbocycles. The van der Waals surface area contributed by atoms with Crippen LogP contribution in [0.4, 0.5) is 5.69 Å². The van der Waals surface area contributed by atoms with Gasteiger partial charge < -0.3 is 11.1 Å². The number of rotatable bonds is 7. The van der Waals surface area contributed by atoms with E-state index in [0.717, 1.165) is 30.6 Å². The Morgan fingerprint density at radius 2 is 1.88 bits per heavy atom. The van der Waals surface area contributed by atoms with E-state index in [1.165, 1.54) is 23.1 Å². The van der Waals surface area contributed by atoms with Gasteiger partial charge in [0.1, 0.15) is 0 Å². The molecule has 140 valence electrons. The maximum Gasteiger partial charge on any atom is 0.0320 e. The predicted molar refractivity (Wildman–Crippen MR) is 114 cm³/mol. The smallest absolute Gasteiger partial charge is 0.0320 e. The van der Waals surface area contributed by atoms with E-state index in [1.807, 2.05) is 20.8 Å². The monoisotopic (exact) mass is 342 g/mol. The minimum Gasteiger partial charge on any atom is -0.399 e. The maximum absolute atomic E-state index is 6.22. The van der Waals surface area contributed by atoms with E-state index in [1.54, 1.807) is 0 Å². The molecule has 0 bridgehead atoms. The first kappa shape index (κ1) is 21.5. The van der Waals surface area contributed by atoms with Crippen molar-refractivity contribution in [2.45, 2.75) is 78.7 Å². The fourth-order valence-corrected chi connectivity index (χ4v) is 4.54. The summed E-state index contributed by atoms with van der Waals surface area (Å²) in [4.78, 5) is 0. The number of nitrogen functional groups attached to an aromatic ring is 1. The van der Waals surface area contributed by atoms with Crippen LogP contribution in [0.15, 0.2) is 30.9 Å². The number of hydrogen-bond acceptors (Lipinski definition) is 2. The predicted octanol–water partition coefficient (Wildman–Crippen LogP) is 6.00. The van der Waals surface area contributed by atoms with E-state index < -0.39 is 0 Å². The first-order valence-corrected chi connectivity index (χ1v) is 9.89. The molecule has 0 aromatic heterocycles. The average molecular weight is 343 g/mol. The standard InChI is InChI=1S/C21H32N2.C2H6/c1-7-11-15(5)19-16(6)12-17(22)13-18(19)20(8-2)14-21(20,9-3)23-10-4;1-2/h7,11-13,23H,5,8-10,14,22H2,1-4,6H3;1-2H3/b11-7-;. The van der Waals surface area contributed by atoms with Crippen molar-refractivity contribution >= 4 is 11.3 Å². The highest BCUT2D eigenvalue weighted by molar-refractivity contribution is 5.79. The molecule has 0 amide bonds. The van der Waals surface area contributed by atoms with Gasteiger partial charge in [0.2, 0.25) is 0 Å². The van der Waals surface area contributed by atoms with Crippen LogP contribution in [0.2, 0.25) is 0 Å². The second-order valence-electron chi connectivity index (χ2n) is 6.86. The minimum atomic E-state index is 0.164. The fourth-order valence-electron chi connectivity index (χ4n) is 4.54. The lowest BCUT2D eigenvalue weighted by molar-refractivity contribution is 0.414. The number of benzene rings is 1. The van der Waals surface area contributed by atoms with Crippen LogP contribution < -0.4 is 11.1 Å². The molecule has 2 unspecified atom stereocenters. The molecule has 1 aromatic carbocycles. The lowest BCUT2D eigenvalue weighted by Crippen LogP contribution is -2.38. The number of hydrogen-bond donors (Lipinski definition) is 2. The third-order valence-corrected chi connectivity index (χ3v) is 5.68. The molecule has 2 atom stereocenters. The molecule has 25 heavy (non-hydrogen) atoms. The average Bonchev–Trinajstić information content (AvgIpc) is 3.26. The first-order valence-electron chi connectivity index (χ1n) is 9.89.